The number of aryl methyl sites for hydroxylation is 1. The molecule has 0 aliphatic heterocycles. The third-order valence-electron chi connectivity index (χ3n) is 5.50. The maximum atomic E-state index is 12.5. The Morgan fingerprint density at radius 3 is 2.61 bits per heavy atom. The number of hydrogen-bond acceptors (Lipinski definition) is 5. The van der Waals surface area contributed by atoms with Gasteiger partial charge in [0.1, 0.15) is 5.78 Å². The zero-order valence-electron chi connectivity index (χ0n) is 17.4. The van der Waals surface area contributed by atoms with Crippen molar-refractivity contribution in [2.75, 3.05) is 12.4 Å². The fourth-order valence-electron chi connectivity index (χ4n) is 3.79. The third-order valence-corrected chi connectivity index (χ3v) is 7.77. The number of aromatic amines is 1. The van der Waals surface area contributed by atoms with E-state index >= 15 is 0 Å². The predicted octanol–water partition coefficient (Wildman–Crippen LogP) is 3.55. The molecular formula is C23H26ClNO5S. The largest absolute Gasteiger partial charge is 0.396 e. The molecule has 8 heteroatoms. The first-order valence-corrected chi connectivity index (χ1v) is 12.4. The number of benzene rings is 1. The second kappa shape index (κ2) is 9.94. The molecule has 1 heterocycles. The highest BCUT2D eigenvalue weighted by Gasteiger charge is 2.23. The summed E-state index contributed by atoms with van der Waals surface area (Å²) < 4.78 is 25.0. The minimum Gasteiger partial charge on any atom is -0.396 e. The van der Waals surface area contributed by atoms with E-state index < -0.39 is 9.84 Å². The summed E-state index contributed by atoms with van der Waals surface area (Å²) in [6, 6.07) is 8.28. The first kappa shape index (κ1) is 23.4. The molecule has 2 N–H and O–H groups in total. The molecule has 1 atom stereocenters. The van der Waals surface area contributed by atoms with Crippen molar-refractivity contribution in [3.05, 3.63) is 68.6 Å². The van der Waals surface area contributed by atoms with Gasteiger partial charge in [-0.15, -0.1) is 0 Å². The number of carbonyl (C=O) groups excluding carboxylic acids is 1. The number of nitrogens with one attached hydrogen (secondary N) is 1. The smallest absolute Gasteiger partial charge is 0.251 e. The summed E-state index contributed by atoms with van der Waals surface area (Å²) in [5.74, 6) is 0.0590. The number of hydrogen-bond donors (Lipinski definition) is 2. The lowest BCUT2D eigenvalue weighted by atomic mass is 9.95. The van der Waals surface area contributed by atoms with Crippen molar-refractivity contribution in [2.45, 2.75) is 43.9 Å². The summed E-state index contributed by atoms with van der Waals surface area (Å²) in [5, 5.41) is 9.02. The van der Waals surface area contributed by atoms with Crippen molar-refractivity contribution in [1.29, 1.82) is 0 Å². The van der Waals surface area contributed by atoms with Gasteiger partial charge in [0.15, 0.2) is 9.84 Å². The Labute approximate surface area is 186 Å². The van der Waals surface area contributed by atoms with Gasteiger partial charge >= 0.3 is 0 Å². The first-order chi connectivity index (χ1) is 14.7. The summed E-state index contributed by atoms with van der Waals surface area (Å²) in [4.78, 5) is 27.1. The van der Waals surface area contributed by atoms with Crippen molar-refractivity contribution in [1.82, 2.24) is 4.98 Å². The number of Topliss-reactive ketones (excluding diaryl/α,β-unsaturated/α-hetero) is 1. The van der Waals surface area contributed by atoms with Crippen LogP contribution in [0, 0.1) is 5.92 Å². The summed E-state index contributed by atoms with van der Waals surface area (Å²) >= 11 is 6.35. The molecule has 1 aromatic heterocycles. The maximum Gasteiger partial charge on any atom is 0.251 e. The van der Waals surface area contributed by atoms with Crippen molar-refractivity contribution in [3.63, 3.8) is 0 Å². The number of H-pyrrole nitrogens is 1. The van der Waals surface area contributed by atoms with Crippen LogP contribution in [0.3, 0.4) is 0 Å². The second-order valence-electron chi connectivity index (χ2n) is 7.74. The molecule has 1 aromatic carbocycles. The van der Waals surface area contributed by atoms with Crippen LogP contribution in [0.15, 0.2) is 46.1 Å². The average molecular weight is 464 g/mol. The van der Waals surface area contributed by atoms with Gasteiger partial charge in [0.2, 0.25) is 0 Å². The molecule has 0 saturated heterocycles. The van der Waals surface area contributed by atoms with Gasteiger partial charge in [-0.3, -0.25) is 9.59 Å². The number of aromatic nitrogens is 1. The Balaban J connectivity index is 2.07. The summed E-state index contributed by atoms with van der Waals surface area (Å²) in [7, 11) is -3.62. The molecule has 3 rings (SSSR count). The molecule has 1 fully saturated rings. The molecule has 1 saturated carbocycles. The van der Waals surface area contributed by atoms with Gasteiger partial charge in [0.25, 0.3) is 5.56 Å². The molecule has 0 unspecified atom stereocenters. The Hall–Kier alpha value is -2.22. The average Bonchev–Trinajstić information content (AvgIpc) is 3.15. The molecule has 0 amide bonds. The number of rotatable bonds is 8. The third kappa shape index (κ3) is 5.53. The number of carbonyl (C=O) groups is 1. The molecule has 1 aliphatic rings. The molecule has 31 heavy (non-hydrogen) atoms. The molecule has 6 nitrogen and oxygen atoms in total. The number of ketones is 1. The SMILES string of the molecule is CCc1ccc(C(=C[C@H]2CCC(=O)C2)c2ccc(S(=O)(=O)CCCO)c(Cl)c2)[nH]c1=O. The Kier molecular flexibility index (Phi) is 7.51. The lowest BCUT2D eigenvalue weighted by molar-refractivity contribution is -0.117. The zero-order chi connectivity index (χ0) is 22.6. The normalized spacial score (nSPS) is 17.3. The van der Waals surface area contributed by atoms with Gasteiger partial charge < -0.3 is 10.1 Å². The Morgan fingerprint density at radius 2 is 2.03 bits per heavy atom. The van der Waals surface area contributed by atoms with E-state index in [4.69, 9.17) is 16.7 Å². The van der Waals surface area contributed by atoms with Gasteiger partial charge in [0, 0.05) is 36.3 Å². The van der Waals surface area contributed by atoms with Crippen LogP contribution in [0.1, 0.15) is 49.4 Å². The van der Waals surface area contributed by atoms with Gasteiger partial charge in [0.05, 0.1) is 15.7 Å². The minimum atomic E-state index is -3.62. The summed E-state index contributed by atoms with van der Waals surface area (Å²) in [6.07, 6.45) is 4.42. The number of halogens is 1. The Morgan fingerprint density at radius 1 is 1.26 bits per heavy atom. The van der Waals surface area contributed by atoms with Crippen LogP contribution >= 0.6 is 11.6 Å². The fourth-order valence-corrected chi connectivity index (χ4v) is 5.68. The predicted molar refractivity (Wildman–Crippen MR) is 121 cm³/mol. The molecule has 0 spiro atoms. The van der Waals surface area contributed by atoms with Crippen LogP contribution in [-0.2, 0) is 21.1 Å². The quantitative estimate of drug-likeness (QED) is 0.623. The second-order valence-corrected chi connectivity index (χ2v) is 10.2. The highest BCUT2D eigenvalue weighted by Crippen LogP contribution is 2.33. The van der Waals surface area contributed by atoms with E-state index in [-0.39, 0.29) is 46.0 Å². The van der Waals surface area contributed by atoms with Crippen molar-refractivity contribution >= 4 is 32.8 Å². The lowest BCUT2D eigenvalue weighted by Gasteiger charge is -2.14. The van der Waals surface area contributed by atoms with Crippen LogP contribution < -0.4 is 5.56 Å². The molecule has 0 radical (unpaired) electrons. The standard InChI is InChI=1S/C23H26ClNO5S/c1-2-16-5-8-21(25-23(16)28)19(13-15-4-7-18(27)12-15)17-6-9-22(20(24)14-17)31(29,30)11-3-10-26/h5-6,8-9,13-15,26H,2-4,7,10-12H2,1H3,(H,25,28)/t15-/m0/s1. The van der Waals surface area contributed by atoms with Crippen LogP contribution in [0.2, 0.25) is 5.02 Å². The van der Waals surface area contributed by atoms with Crippen molar-refractivity contribution < 1.29 is 18.3 Å². The van der Waals surface area contributed by atoms with E-state index in [9.17, 15) is 18.0 Å². The number of sulfone groups is 1. The van der Waals surface area contributed by atoms with Crippen LogP contribution in [0.4, 0.5) is 0 Å². The molecule has 2 aromatic rings. The maximum absolute atomic E-state index is 12.5. The van der Waals surface area contributed by atoms with E-state index in [2.05, 4.69) is 4.98 Å². The fraction of sp³-hybridized carbons (Fsp3) is 0.391. The van der Waals surface area contributed by atoms with Crippen LogP contribution in [-0.4, -0.2) is 36.7 Å². The van der Waals surface area contributed by atoms with Gasteiger partial charge in [-0.05, 0) is 48.9 Å². The molecule has 0 bridgehead atoms. The minimum absolute atomic E-state index is 0.0107. The summed E-state index contributed by atoms with van der Waals surface area (Å²) in [6.45, 7) is 1.68. The number of pyridine rings is 1. The zero-order valence-corrected chi connectivity index (χ0v) is 18.9. The lowest BCUT2D eigenvalue weighted by Crippen LogP contribution is -2.14. The highest BCUT2D eigenvalue weighted by molar-refractivity contribution is 7.91. The van der Waals surface area contributed by atoms with E-state index in [0.29, 0.717) is 41.7 Å². The molecule has 166 valence electrons. The van der Waals surface area contributed by atoms with Gasteiger partial charge in [-0.25, -0.2) is 8.42 Å². The number of aliphatic hydroxyl groups is 1. The monoisotopic (exact) mass is 463 g/mol. The van der Waals surface area contributed by atoms with E-state index in [1.807, 2.05) is 19.1 Å². The van der Waals surface area contributed by atoms with Gasteiger partial charge in [-0.1, -0.05) is 36.7 Å². The first-order valence-electron chi connectivity index (χ1n) is 10.3. The van der Waals surface area contributed by atoms with Crippen molar-refractivity contribution in [2.24, 2.45) is 5.92 Å². The van der Waals surface area contributed by atoms with Crippen LogP contribution in [0.25, 0.3) is 5.57 Å². The van der Waals surface area contributed by atoms with E-state index in [0.717, 1.165) is 6.42 Å². The van der Waals surface area contributed by atoms with Gasteiger partial charge in [-0.2, -0.15) is 0 Å². The molecule has 1 aliphatic carbocycles. The molecular weight excluding hydrogens is 438 g/mol. The van der Waals surface area contributed by atoms with E-state index in [1.54, 1.807) is 18.2 Å². The summed E-state index contributed by atoms with van der Waals surface area (Å²) in [5.41, 5.74) is 2.45. The van der Waals surface area contributed by atoms with Crippen molar-refractivity contribution in [3.8, 4) is 0 Å². The topological polar surface area (TPSA) is 104 Å². The Bertz CT molecular complexity index is 1170. The van der Waals surface area contributed by atoms with E-state index in [1.165, 1.54) is 6.07 Å². The van der Waals surface area contributed by atoms with Crippen LogP contribution in [0.5, 0.6) is 0 Å². The number of aliphatic hydroxyl groups excluding tert-OH is 1. The number of allylic oxidation sites excluding steroid dienone is 1. The highest BCUT2D eigenvalue weighted by atomic mass is 35.5.